The highest BCUT2D eigenvalue weighted by Crippen LogP contribution is 2.43. The van der Waals surface area contributed by atoms with E-state index in [-0.39, 0.29) is 23.9 Å². The minimum Gasteiger partial charge on any atom is -0.480 e. The number of fused-ring (bicyclic) bond motifs is 1. The Morgan fingerprint density at radius 2 is 2.05 bits per heavy atom. The van der Waals surface area contributed by atoms with Gasteiger partial charge in [0.2, 0.25) is 5.91 Å². The standard InChI is InChI=1S/C15H26N2O3/c1-4-9(2)16-14(18)10(3)17-8-11-6-5-7-12(11)13(17)15(19)20/h9-13H,4-8H2,1-3H3,(H,16,18)(H,19,20). The van der Waals surface area contributed by atoms with Crippen LogP contribution in [0.4, 0.5) is 0 Å². The molecular formula is C15H26N2O3. The number of carboxylic acid groups (broad SMARTS) is 1. The molecule has 0 aromatic carbocycles. The second-order valence-corrected chi connectivity index (χ2v) is 6.33. The number of nitrogens with one attached hydrogen (secondary N) is 1. The summed E-state index contributed by atoms with van der Waals surface area (Å²) >= 11 is 0. The van der Waals surface area contributed by atoms with Gasteiger partial charge in [-0.15, -0.1) is 0 Å². The number of amides is 1. The number of rotatable bonds is 5. The van der Waals surface area contributed by atoms with Gasteiger partial charge in [0.25, 0.3) is 0 Å². The van der Waals surface area contributed by atoms with Crippen molar-refractivity contribution in [3.8, 4) is 0 Å². The predicted molar refractivity (Wildman–Crippen MR) is 76.3 cm³/mol. The molecule has 1 saturated heterocycles. The smallest absolute Gasteiger partial charge is 0.321 e. The predicted octanol–water partition coefficient (Wildman–Crippen LogP) is 1.47. The van der Waals surface area contributed by atoms with Crippen molar-refractivity contribution in [2.75, 3.05) is 6.54 Å². The molecule has 5 nitrogen and oxygen atoms in total. The fourth-order valence-corrected chi connectivity index (χ4v) is 3.68. The number of carbonyl (C=O) groups is 2. The van der Waals surface area contributed by atoms with Gasteiger partial charge in [0, 0.05) is 12.6 Å². The lowest BCUT2D eigenvalue weighted by molar-refractivity contribution is -0.145. The van der Waals surface area contributed by atoms with Crippen molar-refractivity contribution in [1.82, 2.24) is 10.2 Å². The van der Waals surface area contributed by atoms with Gasteiger partial charge >= 0.3 is 5.97 Å². The number of carbonyl (C=O) groups excluding carboxylic acids is 1. The first-order valence-corrected chi connectivity index (χ1v) is 7.74. The number of hydrogen-bond acceptors (Lipinski definition) is 3. The molecule has 1 aliphatic heterocycles. The minimum atomic E-state index is -0.775. The molecule has 0 aromatic heterocycles. The average Bonchev–Trinajstić information content (AvgIpc) is 2.96. The highest BCUT2D eigenvalue weighted by Gasteiger charge is 2.50. The Kier molecular flexibility index (Phi) is 4.68. The maximum absolute atomic E-state index is 12.2. The van der Waals surface area contributed by atoms with E-state index in [1.807, 2.05) is 25.7 Å². The first-order chi connectivity index (χ1) is 9.45. The lowest BCUT2D eigenvalue weighted by atomic mass is 9.94. The third-order valence-corrected chi connectivity index (χ3v) is 5.06. The third kappa shape index (κ3) is 2.82. The maximum atomic E-state index is 12.2. The summed E-state index contributed by atoms with van der Waals surface area (Å²) in [7, 11) is 0. The monoisotopic (exact) mass is 282 g/mol. The van der Waals surface area contributed by atoms with Crippen LogP contribution in [0.15, 0.2) is 0 Å². The Bertz CT molecular complexity index is 385. The molecule has 5 unspecified atom stereocenters. The van der Waals surface area contributed by atoms with Crippen LogP contribution < -0.4 is 5.32 Å². The zero-order valence-electron chi connectivity index (χ0n) is 12.6. The van der Waals surface area contributed by atoms with E-state index in [0.717, 1.165) is 32.2 Å². The molecule has 0 bridgehead atoms. The van der Waals surface area contributed by atoms with Crippen molar-refractivity contribution in [1.29, 1.82) is 0 Å². The molecule has 114 valence electrons. The van der Waals surface area contributed by atoms with E-state index in [1.165, 1.54) is 0 Å². The normalized spacial score (nSPS) is 32.6. The molecule has 2 aliphatic rings. The second-order valence-electron chi connectivity index (χ2n) is 6.33. The Balaban J connectivity index is 2.06. The topological polar surface area (TPSA) is 69.6 Å². The molecule has 1 saturated carbocycles. The van der Waals surface area contributed by atoms with Crippen molar-refractivity contribution in [3.05, 3.63) is 0 Å². The Hall–Kier alpha value is -1.10. The molecule has 1 heterocycles. The summed E-state index contributed by atoms with van der Waals surface area (Å²) in [4.78, 5) is 25.7. The molecule has 1 aliphatic carbocycles. The second kappa shape index (κ2) is 6.12. The summed E-state index contributed by atoms with van der Waals surface area (Å²) in [5, 5.41) is 12.5. The molecule has 0 spiro atoms. The quantitative estimate of drug-likeness (QED) is 0.801. The Morgan fingerprint density at radius 3 is 2.65 bits per heavy atom. The third-order valence-electron chi connectivity index (χ3n) is 5.06. The fourth-order valence-electron chi connectivity index (χ4n) is 3.68. The van der Waals surface area contributed by atoms with E-state index in [2.05, 4.69) is 5.32 Å². The number of carboxylic acids is 1. The lowest BCUT2D eigenvalue weighted by Gasteiger charge is -2.30. The molecule has 2 fully saturated rings. The van der Waals surface area contributed by atoms with Crippen LogP contribution in [-0.2, 0) is 9.59 Å². The largest absolute Gasteiger partial charge is 0.480 e. The minimum absolute atomic E-state index is 0.0504. The van der Waals surface area contributed by atoms with Crippen molar-refractivity contribution in [2.24, 2.45) is 11.8 Å². The van der Waals surface area contributed by atoms with E-state index in [0.29, 0.717) is 5.92 Å². The van der Waals surface area contributed by atoms with E-state index in [9.17, 15) is 14.7 Å². The van der Waals surface area contributed by atoms with Crippen LogP contribution >= 0.6 is 0 Å². The molecule has 1 amide bonds. The van der Waals surface area contributed by atoms with Gasteiger partial charge in [0.15, 0.2) is 0 Å². The van der Waals surface area contributed by atoms with E-state index < -0.39 is 12.0 Å². The van der Waals surface area contributed by atoms with Crippen molar-refractivity contribution < 1.29 is 14.7 Å². The van der Waals surface area contributed by atoms with Crippen LogP contribution in [0.1, 0.15) is 46.5 Å². The highest BCUT2D eigenvalue weighted by molar-refractivity contribution is 5.83. The van der Waals surface area contributed by atoms with Gasteiger partial charge in [-0.05, 0) is 44.9 Å². The van der Waals surface area contributed by atoms with Crippen LogP contribution in [0.5, 0.6) is 0 Å². The van der Waals surface area contributed by atoms with Gasteiger partial charge in [-0.3, -0.25) is 14.5 Å². The van der Waals surface area contributed by atoms with Gasteiger partial charge in [0.05, 0.1) is 6.04 Å². The van der Waals surface area contributed by atoms with E-state index in [1.54, 1.807) is 0 Å². The zero-order valence-corrected chi connectivity index (χ0v) is 12.6. The Morgan fingerprint density at radius 1 is 1.35 bits per heavy atom. The molecular weight excluding hydrogens is 256 g/mol. The summed E-state index contributed by atoms with van der Waals surface area (Å²) in [6, 6.07) is -0.716. The highest BCUT2D eigenvalue weighted by atomic mass is 16.4. The van der Waals surface area contributed by atoms with Crippen LogP contribution in [0.25, 0.3) is 0 Å². The van der Waals surface area contributed by atoms with Gasteiger partial charge in [0.1, 0.15) is 6.04 Å². The Labute approximate surface area is 120 Å². The number of nitrogens with zero attached hydrogens (tertiary/aromatic N) is 1. The summed E-state index contributed by atoms with van der Waals surface area (Å²) < 4.78 is 0. The number of aliphatic carboxylic acids is 1. The molecule has 5 atom stereocenters. The zero-order chi connectivity index (χ0) is 14.9. The van der Waals surface area contributed by atoms with Crippen LogP contribution in [-0.4, -0.2) is 46.6 Å². The van der Waals surface area contributed by atoms with E-state index in [4.69, 9.17) is 0 Å². The molecule has 2 N–H and O–H groups in total. The van der Waals surface area contributed by atoms with E-state index >= 15 is 0 Å². The number of likely N-dealkylation sites (tertiary alicyclic amines) is 1. The SMILES string of the molecule is CCC(C)NC(=O)C(C)N1CC2CCCC2C1C(=O)O. The van der Waals surface area contributed by atoms with Crippen LogP contribution in [0.2, 0.25) is 0 Å². The van der Waals surface area contributed by atoms with Crippen molar-refractivity contribution in [3.63, 3.8) is 0 Å². The van der Waals surface area contributed by atoms with Crippen LogP contribution in [0.3, 0.4) is 0 Å². The van der Waals surface area contributed by atoms with Crippen LogP contribution in [0, 0.1) is 11.8 Å². The fraction of sp³-hybridized carbons (Fsp3) is 0.867. The van der Waals surface area contributed by atoms with Gasteiger partial charge < -0.3 is 10.4 Å². The van der Waals surface area contributed by atoms with Crippen molar-refractivity contribution in [2.45, 2.75) is 64.6 Å². The maximum Gasteiger partial charge on any atom is 0.321 e. The summed E-state index contributed by atoms with van der Waals surface area (Å²) in [6.45, 7) is 6.57. The lowest BCUT2D eigenvalue weighted by Crippen LogP contribution is -2.52. The summed E-state index contributed by atoms with van der Waals surface area (Å²) in [6.07, 6.45) is 4.09. The molecule has 20 heavy (non-hydrogen) atoms. The van der Waals surface area contributed by atoms with Gasteiger partial charge in [-0.1, -0.05) is 13.3 Å². The van der Waals surface area contributed by atoms with Gasteiger partial charge in [-0.25, -0.2) is 0 Å². The average molecular weight is 282 g/mol. The summed E-state index contributed by atoms with van der Waals surface area (Å²) in [5.74, 6) is -0.144. The summed E-state index contributed by atoms with van der Waals surface area (Å²) in [5.41, 5.74) is 0. The number of hydrogen-bond donors (Lipinski definition) is 2. The molecule has 2 rings (SSSR count). The molecule has 0 aromatic rings. The van der Waals surface area contributed by atoms with Crippen molar-refractivity contribution >= 4 is 11.9 Å². The molecule has 5 heteroatoms. The first-order valence-electron chi connectivity index (χ1n) is 7.74. The first kappa shape index (κ1) is 15.3. The van der Waals surface area contributed by atoms with Gasteiger partial charge in [-0.2, -0.15) is 0 Å². The molecule has 0 radical (unpaired) electrons.